The van der Waals surface area contributed by atoms with Crippen LogP contribution in [0.1, 0.15) is 0 Å². The first-order chi connectivity index (χ1) is 20.8. The van der Waals surface area contributed by atoms with Crippen molar-refractivity contribution in [1.82, 2.24) is 30.9 Å². The molecule has 0 unspecified atom stereocenters. The van der Waals surface area contributed by atoms with E-state index in [0.717, 1.165) is 95.2 Å². The van der Waals surface area contributed by atoms with Crippen molar-refractivity contribution >= 4 is 54.3 Å². The van der Waals surface area contributed by atoms with Gasteiger partial charge in [0.05, 0.1) is 0 Å². The first-order valence-corrected chi connectivity index (χ1v) is 15.2. The standard InChI is InChI=1S/C33H39N9.3ClH/c1-7-28(40-19-13-34-14-20-40)8-2-25(1)31-37-32(26-3-9-29(10-4-26)41-21-15-35-16-22-41)39-33(38-31)27-5-11-30(12-6-27)42-23-17-36-18-24-42;;;/h1-12,34-36H,13-24H2;3*1H. The maximum Gasteiger partial charge on any atom is 0.164 e. The van der Waals surface area contributed by atoms with Gasteiger partial charge in [0.2, 0.25) is 0 Å². The highest BCUT2D eigenvalue weighted by atomic mass is 35.5. The van der Waals surface area contributed by atoms with E-state index in [4.69, 9.17) is 15.0 Å². The van der Waals surface area contributed by atoms with Crippen molar-refractivity contribution in [2.75, 3.05) is 93.2 Å². The molecule has 0 atom stereocenters. The molecule has 0 radical (unpaired) electrons. The summed E-state index contributed by atoms with van der Waals surface area (Å²) in [7, 11) is 0. The quantitative estimate of drug-likeness (QED) is 0.277. The van der Waals surface area contributed by atoms with Gasteiger partial charge >= 0.3 is 0 Å². The van der Waals surface area contributed by atoms with Gasteiger partial charge in [0.1, 0.15) is 0 Å². The predicted molar refractivity (Wildman–Crippen MR) is 193 cm³/mol. The van der Waals surface area contributed by atoms with Crippen molar-refractivity contribution in [1.29, 1.82) is 0 Å². The Morgan fingerprint density at radius 1 is 0.356 bits per heavy atom. The Morgan fingerprint density at radius 3 is 0.800 bits per heavy atom. The molecule has 7 rings (SSSR count). The molecule has 4 heterocycles. The van der Waals surface area contributed by atoms with Crippen LogP contribution in [0.5, 0.6) is 0 Å². The summed E-state index contributed by atoms with van der Waals surface area (Å²) in [6.07, 6.45) is 0. The van der Waals surface area contributed by atoms with Gasteiger partial charge in [-0.3, -0.25) is 0 Å². The molecule has 3 aliphatic rings. The van der Waals surface area contributed by atoms with Crippen LogP contribution >= 0.6 is 37.2 Å². The van der Waals surface area contributed by atoms with Crippen LogP contribution in [0.2, 0.25) is 0 Å². The average Bonchev–Trinajstić information content (AvgIpc) is 3.09. The van der Waals surface area contributed by atoms with Crippen molar-refractivity contribution in [2.24, 2.45) is 0 Å². The van der Waals surface area contributed by atoms with E-state index in [-0.39, 0.29) is 37.2 Å². The number of rotatable bonds is 6. The van der Waals surface area contributed by atoms with E-state index < -0.39 is 0 Å². The predicted octanol–water partition coefficient (Wildman–Crippen LogP) is 4.37. The molecule has 3 aromatic carbocycles. The lowest BCUT2D eigenvalue weighted by Crippen LogP contribution is -2.43. The number of nitrogens with one attached hydrogen (secondary N) is 3. The molecule has 0 aliphatic carbocycles. The van der Waals surface area contributed by atoms with E-state index in [9.17, 15) is 0 Å². The van der Waals surface area contributed by atoms with Crippen LogP contribution in [0.15, 0.2) is 72.8 Å². The third-order valence-corrected chi connectivity index (χ3v) is 8.46. The van der Waals surface area contributed by atoms with E-state index in [1.54, 1.807) is 0 Å². The lowest BCUT2D eigenvalue weighted by Gasteiger charge is -2.29. The number of nitrogens with zero attached hydrogens (tertiary/aromatic N) is 6. The van der Waals surface area contributed by atoms with Crippen molar-refractivity contribution in [3.05, 3.63) is 72.8 Å². The first kappa shape index (κ1) is 34.7. The summed E-state index contributed by atoms with van der Waals surface area (Å²) in [5.74, 6) is 2.08. The van der Waals surface area contributed by atoms with Gasteiger partial charge in [-0.25, -0.2) is 15.0 Å². The van der Waals surface area contributed by atoms with E-state index in [2.05, 4.69) is 103 Å². The zero-order valence-corrected chi connectivity index (χ0v) is 27.8. The highest BCUT2D eigenvalue weighted by molar-refractivity contribution is 5.86. The Kier molecular flexibility index (Phi) is 12.6. The van der Waals surface area contributed by atoms with Crippen molar-refractivity contribution in [2.45, 2.75) is 0 Å². The van der Waals surface area contributed by atoms with Crippen LogP contribution in [0.3, 0.4) is 0 Å². The third kappa shape index (κ3) is 8.16. The molecule has 12 heteroatoms. The Morgan fingerprint density at radius 2 is 0.578 bits per heavy atom. The summed E-state index contributed by atoms with van der Waals surface area (Å²) in [6, 6.07) is 26.0. The maximum absolute atomic E-state index is 4.99. The molecular formula is C33H42Cl3N9. The zero-order chi connectivity index (χ0) is 28.1. The van der Waals surface area contributed by atoms with Crippen molar-refractivity contribution in [3.8, 4) is 34.2 Å². The molecular weight excluding hydrogens is 629 g/mol. The summed E-state index contributed by atoms with van der Waals surface area (Å²) in [5.41, 5.74) is 6.70. The van der Waals surface area contributed by atoms with Gasteiger partial charge in [-0.05, 0) is 72.8 Å². The molecule has 45 heavy (non-hydrogen) atoms. The number of anilines is 3. The Bertz CT molecular complexity index is 1280. The van der Waals surface area contributed by atoms with Crippen LogP contribution in [-0.2, 0) is 0 Å². The number of piperazine rings is 3. The number of hydrogen-bond acceptors (Lipinski definition) is 9. The van der Waals surface area contributed by atoms with Crippen LogP contribution in [0.25, 0.3) is 34.2 Å². The van der Waals surface area contributed by atoms with Crippen LogP contribution in [0.4, 0.5) is 17.1 Å². The minimum Gasteiger partial charge on any atom is -0.369 e. The molecule has 4 aromatic rings. The number of hydrogen-bond donors (Lipinski definition) is 3. The van der Waals surface area contributed by atoms with Crippen LogP contribution < -0.4 is 30.7 Å². The van der Waals surface area contributed by atoms with Gasteiger partial charge in [-0.2, -0.15) is 0 Å². The molecule has 0 saturated carbocycles. The molecule has 0 spiro atoms. The third-order valence-electron chi connectivity index (χ3n) is 8.46. The van der Waals surface area contributed by atoms with Gasteiger partial charge in [0.25, 0.3) is 0 Å². The van der Waals surface area contributed by atoms with E-state index in [0.29, 0.717) is 17.5 Å². The minimum atomic E-state index is 0. The van der Waals surface area contributed by atoms with Gasteiger partial charge in [0.15, 0.2) is 17.5 Å². The Balaban J connectivity index is 0.00000154. The molecule has 0 bridgehead atoms. The second-order valence-electron chi connectivity index (χ2n) is 11.2. The summed E-state index contributed by atoms with van der Waals surface area (Å²) in [5, 5.41) is 10.3. The normalized spacial score (nSPS) is 16.7. The topological polar surface area (TPSA) is 84.5 Å². The number of halogens is 3. The average molecular weight is 671 g/mol. The Hall–Kier alpha value is -3.18. The molecule has 1 aromatic heterocycles. The molecule has 3 aliphatic heterocycles. The molecule has 240 valence electrons. The van der Waals surface area contributed by atoms with Gasteiger partial charge in [0, 0.05) is 112 Å². The second-order valence-corrected chi connectivity index (χ2v) is 11.2. The molecule has 3 fully saturated rings. The fourth-order valence-electron chi connectivity index (χ4n) is 6.00. The fourth-order valence-corrected chi connectivity index (χ4v) is 6.00. The summed E-state index contributed by atoms with van der Waals surface area (Å²) >= 11 is 0. The number of benzene rings is 3. The lowest BCUT2D eigenvalue weighted by molar-refractivity contribution is 0.589. The van der Waals surface area contributed by atoms with E-state index in [1.165, 1.54) is 17.1 Å². The molecule has 3 N–H and O–H groups in total. The SMILES string of the molecule is Cl.Cl.Cl.c1cc(N2CCNCC2)ccc1-c1nc(-c2ccc(N3CCNCC3)cc2)nc(-c2ccc(N3CCNCC3)cc2)n1. The van der Waals surface area contributed by atoms with Gasteiger partial charge < -0.3 is 30.7 Å². The van der Waals surface area contributed by atoms with Gasteiger partial charge in [-0.15, -0.1) is 37.2 Å². The fraction of sp³-hybridized carbons (Fsp3) is 0.364. The first-order valence-electron chi connectivity index (χ1n) is 15.2. The molecule has 0 amide bonds. The van der Waals surface area contributed by atoms with Crippen LogP contribution in [-0.4, -0.2) is 93.5 Å². The minimum absolute atomic E-state index is 0. The summed E-state index contributed by atoms with van der Waals surface area (Å²) in [6.45, 7) is 12.2. The maximum atomic E-state index is 4.99. The monoisotopic (exact) mass is 669 g/mol. The smallest absolute Gasteiger partial charge is 0.164 e. The van der Waals surface area contributed by atoms with E-state index >= 15 is 0 Å². The summed E-state index contributed by atoms with van der Waals surface area (Å²) < 4.78 is 0. The number of aromatic nitrogens is 3. The highest BCUT2D eigenvalue weighted by Gasteiger charge is 2.17. The zero-order valence-electron chi connectivity index (χ0n) is 25.3. The highest BCUT2D eigenvalue weighted by Crippen LogP contribution is 2.29. The Labute approximate surface area is 284 Å². The largest absolute Gasteiger partial charge is 0.369 e. The molecule has 3 saturated heterocycles. The van der Waals surface area contributed by atoms with Crippen molar-refractivity contribution < 1.29 is 0 Å². The lowest BCUT2D eigenvalue weighted by atomic mass is 10.1. The van der Waals surface area contributed by atoms with Crippen LogP contribution in [0, 0.1) is 0 Å². The van der Waals surface area contributed by atoms with Crippen molar-refractivity contribution in [3.63, 3.8) is 0 Å². The second kappa shape index (κ2) is 16.4. The van der Waals surface area contributed by atoms with Gasteiger partial charge in [-0.1, -0.05) is 0 Å². The van der Waals surface area contributed by atoms with E-state index in [1.807, 2.05) is 0 Å². The molecule has 9 nitrogen and oxygen atoms in total. The summed E-state index contributed by atoms with van der Waals surface area (Å²) in [4.78, 5) is 22.2.